The number of nitrogens with zero attached hydrogens (tertiary/aromatic N) is 2. The van der Waals surface area contributed by atoms with Crippen LogP contribution in [0.3, 0.4) is 0 Å². The van der Waals surface area contributed by atoms with Crippen molar-refractivity contribution in [1.29, 1.82) is 0 Å². The van der Waals surface area contributed by atoms with E-state index in [9.17, 15) is 14.7 Å². The third-order valence-electron chi connectivity index (χ3n) is 8.08. The van der Waals surface area contributed by atoms with Crippen LogP contribution in [0, 0.1) is 13.8 Å². The third-order valence-corrected chi connectivity index (χ3v) is 8.08. The molecule has 0 amide bonds. The van der Waals surface area contributed by atoms with Crippen LogP contribution in [0.25, 0.3) is 21.8 Å². The molecule has 4 unspecified atom stereocenters. The second-order valence-electron chi connectivity index (χ2n) is 13.9. The molecule has 4 aromatic rings. The Balaban J connectivity index is 0.000000862. The first-order valence-corrected chi connectivity index (χ1v) is 18.2. The number of rotatable bonds is 7. The molecule has 2 heterocycles. The van der Waals surface area contributed by atoms with Crippen molar-refractivity contribution in [3.63, 3.8) is 0 Å². The summed E-state index contributed by atoms with van der Waals surface area (Å²) in [6, 6.07) is 15.7. The number of carbonyl (C=O) groups excluding carboxylic acids is 2. The fraction of sp³-hybridized carbons (Fsp3) is 0.526. The molecule has 2 aromatic carbocycles. The number of aliphatic hydroxyl groups excluding tert-OH is 1. The van der Waals surface area contributed by atoms with Gasteiger partial charge in [-0.25, -0.2) is 9.59 Å². The number of aliphatic hydroxyl groups is 1. The van der Waals surface area contributed by atoms with Crippen LogP contribution in [0.15, 0.2) is 48.5 Å². The first kappa shape index (κ1) is 44.1. The molecule has 48 heavy (non-hydrogen) atoms. The number of fused-ring (bicyclic) bond motifs is 2. The van der Waals surface area contributed by atoms with Crippen LogP contribution in [0.2, 0.25) is 0 Å². The van der Waals surface area contributed by atoms with E-state index in [4.69, 9.17) is 14.2 Å². The van der Waals surface area contributed by atoms with Gasteiger partial charge in [0.1, 0.15) is 11.2 Å². The number of carbonyl (C=O) groups is 2. The molecule has 0 saturated heterocycles. The molecule has 262 valence electrons. The number of para-hydroxylation sites is 2. The molecule has 0 radical (unpaired) electrons. The minimum absolute atomic E-state index is 0. The van der Waals surface area contributed by atoms with Gasteiger partial charge in [-0.05, 0) is 100 Å². The maximum absolute atomic E-state index is 12.7. The molecule has 0 saturated carbocycles. The minimum atomic E-state index is -0.539. The van der Waals surface area contributed by atoms with Crippen molar-refractivity contribution in [1.82, 2.24) is 9.13 Å². The summed E-state index contributed by atoms with van der Waals surface area (Å²) in [5, 5.41) is 11.7. The number of hydrogen-bond acceptors (Lipinski definition) is 6. The van der Waals surface area contributed by atoms with Crippen LogP contribution < -0.4 is 29.6 Å². The van der Waals surface area contributed by atoms with E-state index in [1.54, 1.807) is 14.0 Å². The molecule has 4 rings (SSSR count). The summed E-state index contributed by atoms with van der Waals surface area (Å²) >= 11 is 2.15. The summed E-state index contributed by atoms with van der Waals surface area (Å²) in [5.41, 5.74) is 3.88. The van der Waals surface area contributed by atoms with Crippen molar-refractivity contribution in [2.24, 2.45) is 0 Å². The molecule has 10 heteroatoms. The van der Waals surface area contributed by atoms with Crippen LogP contribution in [0.1, 0.15) is 115 Å². The fourth-order valence-corrected chi connectivity index (χ4v) is 5.63. The summed E-state index contributed by atoms with van der Waals surface area (Å²) in [6.07, 6.45) is -0.475. The number of alkyl halides is 1. The van der Waals surface area contributed by atoms with E-state index < -0.39 is 17.3 Å². The normalized spacial score (nSPS) is 14.0. The Bertz CT molecular complexity index is 1670. The predicted molar refractivity (Wildman–Crippen MR) is 202 cm³/mol. The molecular weight excluding hydrogens is 730 g/mol. The quantitative estimate of drug-likeness (QED) is 0.0995. The Kier molecular flexibility index (Phi) is 16.9. The second kappa shape index (κ2) is 18.4. The van der Waals surface area contributed by atoms with Crippen molar-refractivity contribution in [2.45, 2.75) is 119 Å². The van der Waals surface area contributed by atoms with Crippen molar-refractivity contribution >= 4 is 56.3 Å². The van der Waals surface area contributed by atoms with Gasteiger partial charge in [0.05, 0.1) is 35.4 Å². The maximum atomic E-state index is 12.7. The molecule has 8 nitrogen and oxygen atoms in total. The van der Waals surface area contributed by atoms with Crippen LogP contribution >= 0.6 is 22.6 Å². The van der Waals surface area contributed by atoms with Crippen LogP contribution in [0.4, 0.5) is 0 Å². The molecule has 0 fully saturated rings. The average Bonchev–Trinajstić information content (AvgIpc) is 3.45. The number of esters is 2. The second-order valence-corrected chi connectivity index (χ2v) is 13.9. The van der Waals surface area contributed by atoms with Crippen molar-refractivity contribution in [3.8, 4) is 0 Å². The van der Waals surface area contributed by atoms with Gasteiger partial charge in [-0.1, -0.05) is 59.0 Å². The smallest absolute Gasteiger partial charge is 1.00 e. The van der Waals surface area contributed by atoms with Gasteiger partial charge in [0, 0.05) is 40.3 Å². The standard InChI is InChI=1S/C19H27NO3.C18H25NO3.CH3I.Na.H/c1-12(14(3)22-7)20-13(2)17(18(21)23-19(4,5)6)15-10-8-9-11-16(15)20;1-11(13(3)20)19-12(2)16(17(21)22-18(4,5)6)14-9-7-8-10-15(14)19;1-2;;/h8-12,14H,1-7H3;7-11,13,20H,1-6H3;1H3;;/q;;;+1;-1. The molecule has 0 aliphatic heterocycles. The van der Waals surface area contributed by atoms with E-state index in [0.717, 1.165) is 33.2 Å². The van der Waals surface area contributed by atoms with E-state index in [1.807, 2.05) is 127 Å². The number of halogens is 1. The van der Waals surface area contributed by atoms with Crippen LogP contribution in [0.5, 0.6) is 0 Å². The number of methoxy groups -OCH3 is 1. The van der Waals surface area contributed by atoms with E-state index in [0.29, 0.717) is 11.1 Å². The Morgan fingerprint density at radius 2 is 1.04 bits per heavy atom. The number of hydrogen-bond donors (Lipinski definition) is 1. The summed E-state index contributed by atoms with van der Waals surface area (Å²) in [7, 11) is 1.71. The summed E-state index contributed by atoms with van der Waals surface area (Å²) < 4.78 is 20.8. The van der Waals surface area contributed by atoms with Gasteiger partial charge in [-0.3, -0.25) is 0 Å². The fourth-order valence-electron chi connectivity index (χ4n) is 5.63. The molecular formula is C38H56IN2NaO6. The van der Waals surface area contributed by atoms with E-state index in [-0.39, 0.29) is 61.1 Å². The Labute approximate surface area is 324 Å². The summed E-state index contributed by atoms with van der Waals surface area (Å²) in [6.45, 7) is 22.9. The monoisotopic (exact) mass is 786 g/mol. The van der Waals surface area contributed by atoms with Gasteiger partial charge in [-0.15, -0.1) is 0 Å². The molecule has 0 spiro atoms. The van der Waals surface area contributed by atoms with Crippen molar-refractivity contribution in [3.05, 3.63) is 71.0 Å². The zero-order valence-corrected chi connectivity index (χ0v) is 35.8. The largest absolute Gasteiger partial charge is 1.00 e. The van der Waals surface area contributed by atoms with Crippen molar-refractivity contribution < 1.29 is 59.9 Å². The van der Waals surface area contributed by atoms with Crippen LogP contribution in [-0.4, -0.2) is 61.6 Å². The minimum Gasteiger partial charge on any atom is -1.00 e. The molecule has 0 aliphatic carbocycles. The maximum Gasteiger partial charge on any atom is 1.00 e. The number of aromatic nitrogens is 2. The Hall–Kier alpha value is -1.89. The first-order chi connectivity index (χ1) is 21.8. The summed E-state index contributed by atoms with van der Waals surface area (Å²) in [5.74, 6) is -0.597. The third kappa shape index (κ3) is 10.6. The van der Waals surface area contributed by atoms with Gasteiger partial charge in [0.2, 0.25) is 0 Å². The predicted octanol–water partition coefficient (Wildman–Crippen LogP) is 6.52. The SMILES string of the molecule is CI.COC(C)C(C)n1c(C)c(C(=O)OC(C)(C)C)c2ccccc21.Cc1c(C(=O)OC(C)(C)C)c2ccccc2n1C(C)C(C)O.[H-].[Na+]. The molecule has 0 aliphatic rings. The Morgan fingerprint density at radius 3 is 1.35 bits per heavy atom. The van der Waals surface area contributed by atoms with E-state index in [2.05, 4.69) is 34.1 Å². The topological polar surface area (TPSA) is 91.9 Å². The van der Waals surface area contributed by atoms with Gasteiger partial charge < -0.3 is 29.9 Å². The van der Waals surface area contributed by atoms with Crippen molar-refractivity contribution in [2.75, 3.05) is 12.0 Å². The molecule has 2 aromatic heterocycles. The first-order valence-electron chi connectivity index (χ1n) is 16.0. The summed E-state index contributed by atoms with van der Waals surface area (Å²) in [4.78, 5) is 27.3. The number of benzene rings is 2. The zero-order valence-electron chi connectivity index (χ0n) is 32.7. The van der Waals surface area contributed by atoms with E-state index in [1.165, 1.54) is 0 Å². The zero-order chi connectivity index (χ0) is 36.0. The van der Waals surface area contributed by atoms with Gasteiger partial charge in [0.25, 0.3) is 0 Å². The Morgan fingerprint density at radius 1 is 0.708 bits per heavy atom. The average molecular weight is 787 g/mol. The molecule has 0 bridgehead atoms. The van der Waals surface area contributed by atoms with Gasteiger partial charge in [0.15, 0.2) is 0 Å². The number of ether oxygens (including phenoxy) is 3. The molecule has 4 atom stereocenters. The van der Waals surface area contributed by atoms with E-state index >= 15 is 0 Å². The van der Waals surface area contributed by atoms with Gasteiger partial charge >= 0.3 is 41.5 Å². The van der Waals surface area contributed by atoms with Gasteiger partial charge in [-0.2, -0.15) is 0 Å². The molecule has 1 N–H and O–H groups in total. The van der Waals surface area contributed by atoms with Crippen LogP contribution in [-0.2, 0) is 14.2 Å².